The first-order valence-electron chi connectivity index (χ1n) is 10.5. The topological polar surface area (TPSA) is 76.4 Å². The van der Waals surface area contributed by atoms with E-state index in [9.17, 15) is 9.18 Å². The number of rotatable bonds is 6. The first-order valence-corrected chi connectivity index (χ1v) is 10.5. The number of halogens is 1. The summed E-state index contributed by atoms with van der Waals surface area (Å²) in [6, 6.07) is 12.3. The molecule has 0 unspecified atom stereocenters. The average molecular weight is 439 g/mol. The maximum absolute atomic E-state index is 13.6. The van der Waals surface area contributed by atoms with Gasteiger partial charge in [0.1, 0.15) is 17.9 Å². The number of hydrogen-bond donors (Lipinski definition) is 0. The summed E-state index contributed by atoms with van der Waals surface area (Å²) in [7, 11) is 7.19. The highest BCUT2D eigenvalue weighted by Crippen LogP contribution is 2.45. The van der Waals surface area contributed by atoms with Gasteiger partial charge in [0, 0.05) is 39.0 Å². The van der Waals surface area contributed by atoms with Gasteiger partial charge in [-0.1, -0.05) is 12.1 Å². The van der Waals surface area contributed by atoms with E-state index in [-0.39, 0.29) is 29.6 Å². The number of aromatic nitrogens is 4. The molecule has 1 fully saturated rings. The van der Waals surface area contributed by atoms with Crippen molar-refractivity contribution in [2.45, 2.75) is 24.8 Å². The van der Waals surface area contributed by atoms with E-state index in [1.165, 1.54) is 18.5 Å². The minimum absolute atomic E-state index is 0.0207. The molecule has 8 nitrogen and oxygen atoms in total. The number of nitrogens with zero attached hydrogens (tertiary/aromatic N) is 6. The molecule has 0 aliphatic heterocycles. The number of tetrazole rings is 1. The zero-order valence-corrected chi connectivity index (χ0v) is 18.6. The van der Waals surface area contributed by atoms with Crippen LogP contribution in [0.5, 0.6) is 5.75 Å². The van der Waals surface area contributed by atoms with E-state index in [1.54, 1.807) is 42.9 Å². The van der Waals surface area contributed by atoms with Crippen molar-refractivity contribution in [3.05, 3.63) is 60.2 Å². The van der Waals surface area contributed by atoms with E-state index in [1.807, 2.05) is 25.2 Å². The molecule has 0 saturated heterocycles. The number of anilines is 1. The van der Waals surface area contributed by atoms with Gasteiger partial charge in [0.25, 0.3) is 0 Å². The van der Waals surface area contributed by atoms with Crippen LogP contribution in [0.25, 0.3) is 5.69 Å². The molecular formula is C23H27FN6O2. The van der Waals surface area contributed by atoms with E-state index in [4.69, 9.17) is 4.74 Å². The Morgan fingerprint density at radius 3 is 2.50 bits per heavy atom. The molecule has 9 heteroatoms. The summed E-state index contributed by atoms with van der Waals surface area (Å²) < 4.78 is 20.9. The Morgan fingerprint density at radius 1 is 1.12 bits per heavy atom. The van der Waals surface area contributed by atoms with Crippen LogP contribution in [0.4, 0.5) is 10.1 Å². The molecule has 168 valence electrons. The predicted octanol–water partition coefficient (Wildman–Crippen LogP) is 2.90. The van der Waals surface area contributed by atoms with Crippen LogP contribution in [-0.2, 0) is 4.79 Å². The Bertz CT molecular complexity index is 1070. The summed E-state index contributed by atoms with van der Waals surface area (Å²) in [6.45, 7) is 0. The van der Waals surface area contributed by atoms with Gasteiger partial charge in [-0.2, -0.15) is 0 Å². The number of benzene rings is 2. The summed E-state index contributed by atoms with van der Waals surface area (Å²) in [5.41, 5.74) is 2.63. The maximum atomic E-state index is 13.6. The van der Waals surface area contributed by atoms with Crippen molar-refractivity contribution < 1.29 is 13.9 Å². The van der Waals surface area contributed by atoms with Crippen LogP contribution in [0.3, 0.4) is 0 Å². The Balaban J connectivity index is 1.74. The number of carbonyl (C=O) groups excluding carboxylic acids is 1. The standard InChI is InChI=1S/C23H27FN6O2/c1-28(2)23(31)18-10-11-19(22(18)15-5-7-16(24)8-6-15)29(3)20-13-17(9-12-21(20)32-4)30-14-25-26-27-30/h5-9,12-14,18-19,22H,10-11H2,1-4H3/t18-,19-,22+/m0/s1. The van der Waals surface area contributed by atoms with Gasteiger partial charge in [0.15, 0.2) is 0 Å². The number of hydrogen-bond acceptors (Lipinski definition) is 6. The summed E-state index contributed by atoms with van der Waals surface area (Å²) in [5, 5.41) is 11.4. The number of carbonyl (C=O) groups is 1. The molecule has 1 aromatic heterocycles. The lowest BCUT2D eigenvalue weighted by Crippen LogP contribution is -2.39. The smallest absolute Gasteiger partial charge is 0.225 e. The van der Waals surface area contributed by atoms with Crippen LogP contribution in [-0.4, -0.2) is 65.3 Å². The van der Waals surface area contributed by atoms with E-state index >= 15 is 0 Å². The maximum Gasteiger partial charge on any atom is 0.225 e. The number of methoxy groups -OCH3 is 1. The van der Waals surface area contributed by atoms with Crippen LogP contribution < -0.4 is 9.64 Å². The van der Waals surface area contributed by atoms with Crippen molar-refractivity contribution >= 4 is 11.6 Å². The zero-order valence-electron chi connectivity index (χ0n) is 18.6. The highest BCUT2D eigenvalue weighted by atomic mass is 19.1. The fourth-order valence-electron chi connectivity index (χ4n) is 4.72. The molecule has 0 radical (unpaired) electrons. The second-order valence-electron chi connectivity index (χ2n) is 8.28. The zero-order chi connectivity index (χ0) is 22.8. The van der Waals surface area contributed by atoms with E-state index in [0.29, 0.717) is 5.75 Å². The van der Waals surface area contributed by atoms with E-state index in [0.717, 1.165) is 29.8 Å². The van der Waals surface area contributed by atoms with Crippen molar-refractivity contribution in [1.29, 1.82) is 0 Å². The lowest BCUT2D eigenvalue weighted by Gasteiger charge is -2.35. The minimum Gasteiger partial charge on any atom is -0.495 e. The van der Waals surface area contributed by atoms with Gasteiger partial charge in [-0.3, -0.25) is 4.79 Å². The van der Waals surface area contributed by atoms with Crippen LogP contribution in [0.15, 0.2) is 48.8 Å². The molecule has 3 aromatic rings. The summed E-state index contributed by atoms with van der Waals surface area (Å²) >= 11 is 0. The fraction of sp³-hybridized carbons (Fsp3) is 0.391. The van der Waals surface area contributed by atoms with Crippen LogP contribution in [0, 0.1) is 11.7 Å². The number of ether oxygens (including phenoxy) is 1. The first-order chi connectivity index (χ1) is 15.4. The monoisotopic (exact) mass is 438 g/mol. The van der Waals surface area contributed by atoms with Crippen molar-refractivity contribution in [1.82, 2.24) is 25.1 Å². The number of likely N-dealkylation sites (N-methyl/N-ethyl adjacent to an activating group) is 1. The molecule has 1 aliphatic rings. The predicted molar refractivity (Wildman–Crippen MR) is 118 cm³/mol. The molecule has 4 rings (SSSR count). The Hall–Kier alpha value is -3.49. The molecule has 0 spiro atoms. The van der Waals surface area contributed by atoms with Gasteiger partial charge < -0.3 is 14.5 Å². The third-order valence-electron chi connectivity index (χ3n) is 6.29. The first kappa shape index (κ1) is 21.7. The Kier molecular flexibility index (Phi) is 6.07. The van der Waals surface area contributed by atoms with E-state index < -0.39 is 0 Å². The van der Waals surface area contributed by atoms with Crippen LogP contribution >= 0.6 is 0 Å². The van der Waals surface area contributed by atoms with Gasteiger partial charge >= 0.3 is 0 Å². The minimum atomic E-state index is -0.289. The summed E-state index contributed by atoms with van der Waals surface area (Å²) in [6.07, 6.45) is 3.11. The Morgan fingerprint density at radius 2 is 1.88 bits per heavy atom. The van der Waals surface area contributed by atoms with Gasteiger partial charge in [-0.15, -0.1) is 5.10 Å². The number of amides is 1. The average Bonchev–Trinajstić information content (AvgIpc) is 3.48. The van der Waals surface area contributed by atoms with E-state index in [2.05, 4.69) is 20.4 Å². The largest absolute Gasteiger partial charge is 0.495 e. The summed E-state index contributed by atoms with van der Waals surface area (Å²) in [4.78, 5) is 16.8. The highest BCUT2D eigenvalue weighted by Gasteiger charge is 2.44. The molecule has 2 aromatic carbocycles. The molecule has 3 atom stereocenters. The van der Waals surface area contributed by atoms with Crippen LogP contribution in [0.2, 0.25) is 0 Å². The molecule has 1 heterocycles. The van der Waals surface area contributed by atoms with Crippen molar-refractivity contribution in [2.75, 3.05) is 33.2 Å². The highest BCUT2D eigenvalue weighted by molar-refractivity contribution is 5.80. The molecule has 1 amide bonds. The summed E-state index contributed by atoms with van der Waals surface area (Å²) in [5.74, 6) is 0.241. The van der Waals surface area contributed by atoms with Gasteiger partial charge in [-0.05, 0) is 59.2 Å². The molecule has 1 saturated carbocycles. The molecule has 0 N–H and O–H groups in total. The van der Waals surface area contributed by atoms with Gasteiger partial charge in [0.2, 0.25) is 5.91 Å². The lowest BCUT2D eigenvalue weighted by atomic mass is 9.85. The van der Waals surface area contributed by atoms with Crippen molar-refractivity contribution in [2.24, 2.45) is 5.92 Å². The second kappa shape index (κ2) is 8.94. The van der Waals surface area contributed by atoms with Crippen molar-refractivity contribution in [3.8, 4) is 11.4 Å². The Labute approximate surface area is 186 Å². The normalized spacial score (nSPS) is 20.2. The SMILES string of the molecule is COc1ccc(-n2cnnn2)cc1N(C)[C@H]1CC[C@H](C(=O)N(C)C)[C@H]1c1ccc(F)cc1. The molecule has 32 heavy (non-hydrogen) atoms. The van der Waals surface area contributed by atoms with Crippen LogP contribution in [0.1, 0.15) is 24.3 Å². The van der Waals surface area contributed by atoms with Gasteiger partial charge in [0.05, 0.1) is 18.5 Å². The quantitative estimate of drug-likeness (QED) is 0.589. The third kappa shape index (κ3) is 4.02. The molecule has 0 bridgehead atoms. The molecule has 1 aliphatic carbocycles. The lowest BCUT2D eigenvalue weighted by molar-refractivity contribution is -0.133. The second-order valence-corrected chi connectivity index (χ2v) is 8.28. The third-order valence-corrected chi connectivity index (χ3v) is 6.29. The van der Waals surface area contributed by atoms with Gasteiger partial charge in [-0.25, -0.2) is 9.07 Å². The fourth-order valence-corrected chi connectivity index (χ4v) is 4.72. The molecular weight excluding hydrogens is 411 g/mol. The van der Waals surface area contributed by atoms with Crippen molar-refractivity contribution in [3.63, 3.8) is 0 Å².